The van der Waals surface area contributed by atoms with Crippen molar-refractivity contribution in [2.45, 2.75) is 539 Å². The fourth-order valence-corrected chi connectivity index (χ4v) is 42.6. The second kappa shape index (κ2) is 33.6. The SMILES string of the molecule is CC(C)(C)C1CCC2C(C1)C1CC(C(C)(C)C)CCC1N2C1CCC2B3C4CCC(C5CC6CCCC7C8CCCC9CCCC(C(C5)C67)C98)CC4N(C4C(C5CCCCC5)CC(C(C)(C)C)CC4C4CCCCC4)C4CC(N5C6CCCCC6C6CCCCC65)CC(C34)N(C3C(C4CCCCC4)CC(C(C)(C)C)CC3C3CCCCC3)C2C1. The molecule has 4 aliphatic heterocycles. The van der Waals surface area contributed by atoms with Gasteiger partial charge < -0.3 is 0 Å². The Labute approximate surface area is 736 Å². The third kappa shape index (κ3) is 15.1. The standard InChI is InChI=1S/C114H191BN4/c1-111(2,3)78-51-56-100-93(61-78)94-62-79(112(4,5)6)52-57-101(94)116(100)82-53-55-97-103(67-82)119(110-91(72-36-21-15-22-37-72)65-81(114(10,11)12)66-92(110)73-38-23-16-24-39-73)105-69-83(117-98-48-27-25-43-84(98)85-44-26-28-49-99(85)117)68-104-108(105)115(97)96-54-50-75(77-58-76-42-31-46-87-86-45-29-40-74-41-30-47-88(106(74)86)95(59-77)107(76)87)60-102(96)118(104)109-89(70-32-17-13-18-33-70)63-80(113(7,8)9)64-90(109)71-34-19-14-20-35-71/h70-110H,13-69H2,1-12H3. The summed E-state index contributed by atoms with van der Waals surface area (Å²) in [5.41, 5.74) is 1.59. The first-order chi connectivity index (χ1) is 57.6. The molecule has 4 heterocycles. The van der Waals surface area contributed by atoms with Crippen LogP contribution in [0, 0.1) is 176 Å². The van der Waals surface area contributed by atoms with Gasteiger partial charge in [-0.1, -0.05) is 295 Å². The Balaban J connectivity index is 0.740. The Morgan fingerprint density at radius 2 is 0.529 bits per heavy atom. The van der Waals surface area contributed by atoms with Crippen LogP contribution in [0.3, 0.4) is 0 Å². The highest BCUT2D eigenvalue weighted by Gasteiger charge is 2.72. The van der Waals surface area contributed by atoms with Crippen molar-refractivity contribution >= 4 is 6.71 Å². The van der Waals surface area contributed by atoms with Crippen LogP contribution in [0.5, 0.6) is 0 Å². The summed E-state index contributed by atoms with van der Waals surface area (Å²) in [5, 5.41) is 0. The first-order valence-electron chi connectivity index (χ1n) is 56.7. The molecule has 4 nitrogen and oxygen atoms in total. The van der Waals surface area contributed by atoms with Gasteiger partial charge in [0.1, 0.15) is 0 Å². The van der Waals surface area contributed by atoms with Crippen LogP contribution in [0.2, 0.25) is 17.5 Å². The highest BCUT2D eigenvalue weighted by atomic mass is 15.3. The molecule has 0 aromatic rings. The van der Waals surface area contributed by atoms with Crippen LogP contribution in [0.1, 0.15) is 449 Å². The molecule has 670 valence electrons. The van der Waals surface area contributed by atoms with E-state index in [9.17, 15) is 0 Å². The minimum absolute atomic E-state index is 0.375. The summed E-state index contributed by atoms with van der Waals surface area (Å²) in [4.78, 5) is 15.6. The van der Waals surface area contributed by atoms with Gasteiger partial charge in [0.25, 0.3) is 0 Å². The van der Waals surface area contributed by atoms with Crippen molar-refractivity contribution < 1.29 is 0 Å². The first-order valence-corrected chi connectivity index (χ1v) is 56.7. The highest BCUT2D eigenvalue weighted by Crippen LogP contribution is 2.72. The van der Waals surface area contributed by atoms with Gasteiger partial charge in [0.2, 0.25) is 0 Å². The summed E-state index contributed by atoms with van der Waals surface area (Å²) in [6.45, 7) is 33.8. The van der Waals surface area contributed by atoms with Gasteiger partial charge in [-0.2, -0.15) is 0 Å². The largest absolute Gasteiger partial charge is 0.295 e. The van der Waals surface area contributed by atoms with Gasteiger partial charge in [0.15, 0.2) is 6.71 Å². The Morgan fingerprint density at radius 3 is 0.975 bits per heavy atom. The molecule has 0 aromatic heterocycles. The van der Waals surface area contributed by atoms with Crippen LogP contribution < -0.4 is 0 Å². The second-order valence-electron chi connectivity index (χ2n) is 55.6. The van der Waals surface area contributed by atoms with Crippen molar-refractivity contribution in [3.8, 4) is 0 Å². The van der Waals surface area contributed by atoms with Crippen molar-refractivity contribution in [3.05, 3.63) is 0 Å². The molecular weight excluding hydrogens is 1440 g/mol. The van der Waals surface area contributed by atoms with Crippen LogP contribution in [0.15, 0.2) is 0 Å². The number of rotatable bonds is 9. The zero-order chi connectivity index (χ0) is 80.9. The smallest absolute Gasteiger partial charge is 0.156 e. The Morgan fingerprint density at radius 1 is 0.185 bits per heavy atom. The molecule has 119 heavy (non-hydrogen) atoms. The van der Waals surface area contributed by atoms with Crippen molar-refractivity contribution in [3.63, 3.8) is 0 Å². The molecule has 33 atom stereocenters. The molecule has 18 saturated carbocycles. The van der Waals surface area contributed by atoms with Crippen molar-refractivity contribution in [1.82, 2.24) is 19.6 Å². The van der Waals surface area contributed by atoms with E-state index in [1.54, 1.807) is 276 Å². The lowest BCUT2D eigenvalue weighted by atomic mass is 9.18. The number of hydrogen-bond donors (Lipinski definition) is 0. The lowest BCUT2D eigenvalue weighted by molar-refractivity contribution is -0.157. The molecule has 0 bridgehead atoms. The lowest BCUT2D eigenvalue weighted by Gasteiger charge is -2.73. The van der Waals surface area contributed by atoms with Gasteiger partial charge in [0.05, 0.1) is 0 Å². The van der Waals surface area contributed by atoms with E-state index >= 15 is 0 Å². The summed E-state index contributed by atoms with van der Waals surface area (Å²) < 4.78 is 0. The molecule has 5 heteroatoms. The predicted molar refractivity (Wildman–Crippen MR) is 502 cm³/mol. The van der Waals surface area contributed by atoms with Gasteiger partial charge in [0, 0.05) is 72.5 Å². The number of likely N-dealkylation sites (tertiary alicyclic amines) is 2. The van der Waals surface area contributed by atoms with Crippen LogP contribution in [0.25, 0.3) is 0 Å². The molecule has 22 fully saturated rings. The van der Waals surface area contributed by atoms with Crippen LogP contribution in [-0.4, -0.2) is 98.8 Å². The molecule has 0 aromatic carbocycles. The molecule has 0 amide bonds. The van der Waals surface area contributed by atoms with E-state index in [1.165, 1.54) is 89.9 Å². The fourth-order valence-electron chi connectivity index (χ4n) is 42.6. The van der Waals surface area contributed by atoms with E-state index in [0.717, 1.165) is 251 Å². The maximum atomic E-state index is 4.10. The summed E-state index contributed by atoms with van der Waals surface area (Å²) in [6.07, 6.45) is 89.6. The highest BCUT2D eigenvalue weighted by molar-refractivity contribution is 6.65. The maximum absolute atomic E-state index is 4.10. The van der Waals surface area contributed by atoms with Gasteiger partial charge in [-0.3, -0.25) is 19.6 Å². The van der Waals surface area contributed by atoms with E-state index in [1.807, 2.05) is 0 Å². The van der Waals surface area contributed by atoms with Crippen LogP contribution in [-0.2, 0) is 0 Å². The number of fused-ring (bicyclic) bond motifs is 12. The third-order valence-electron chi connectivity index (χ3n) is 47.3. The molecule has 22 aliphatic rings. The second-order valence-corrected chi connectivity index (χ2v) is 55.6. The molecular formula is C114H191BN4. The van der Waals surface area contributed by atoms with Gasteiger partial charge in [-0.05, 0) is 347 Å². The van der Waals surface area contributed by atoms with Crippen molar-refractivity contribution in [2.24, 2.45) is 176 Å². The minimum atomic E-state index is 0.375. The molecule has 0 radical (unpaired) electrons. The van der Waals surface area contributed by atoms with E-state index in [4.69, 9.17) is 0 Å². The Bertz CT molecular complexity index is 3260. The molecule has 18 aliphatic carbocycles. The van der Waals surface area contributed by atoms with E-state index in [0.29, 0.717) is 21.7 Å². The Hall–Kier alpha value is -0.0951. The first kappa shape index (κ1) is 84.4. The van der Waals surface area contributed by atoms with Gasteiger partial charge in [-0.25, -0.2) is 0 Å². The molecule has 0 spiro atoms. The zero-order valence-electron chi connectivity index (χ0n) is 80.3. The molecule has 4 saturated heterocycles. The lowest BCUT2D eigenvalue weighted by Crippen LogP contribution is -2.78. The third-order valence-corrected chi connectivity index (χ3v) is 47.3. The summed E-state index contributed by atoms with van der Waals surface area (Å²) in [6, 6.07) is 9.76. The quantitative estimate of drug-likeness (QED) is 0.213. The fraction of sp³-hybridized carbons (Fsp3) is 1.00. The zero-order valence-corrected chi connectivity index (χ0v) is 80.3. The molecule has 0 N–H and O–H groups in total. The van der Waals surface area contributed by atoms with E-state index < -0.39 is 0 Å². The monoisotopic (exact) mass is 1630 g/mol. The van der Waals surface area contributed by atoms with Crippen LogP contribution in [0.4, 0.5) is 0 Å². The normalized spacial score (nSPS) is 50.9. The van der Waals surface area contributed by atoms with Crippen molar-refractivity contribution in [1.29, 1.82) is 0 Å². The van der Waals surface area contributed by atoms with E-state index in [-0.39, 0.29) is 0 Å². The van der Waals surface area contributed by atoms with E-state index in [2.05, 4.69) is 103 Å². The minimum Gasteiger partial charge on any atom is -0.295 e. The summed E-state index contributed by atoms with van der Waals surface area (Å²) in [7, 11) is 0. The predicted octanol–water partition coefficient (Wildman–Crippen LogP) is 30.0. The molecule has 22 rings (SSSR count). The van der Waals surface area contributed by atoms with Crippen molar-refractivity contribution in [2.75, 3.05) is 0 Å². The average molecular weight is 1630 g/mol. The molecule has 33 unspecified atom stereocenters. The topological polar surface area (TPSA) is 13.0 Å². The maximum Gasteiger partial charge on any atom is 0.156 e. The number of hydrogen-bond acceptors (Lipinski definition) is 4. The average Bonchev–Trinajstić information content (AvgIpc) is 1.06. The van der Waals surface area contributed by atoms with Crippen LogP contribution >= 0.6 is 0 Å². The Kier molecular flexibility index (Phi) is 23.9. The number of nitrogens with zero attached hydrogens (tertiary/aromatic N) is 4. The summed E-state index contributed by atoms with van der Waals surface area (Å²) >= 11 is 0. The van der Waals surface area contributed by atoms with Gasteiger partial charge >= 0.3 is 0 Å². The van der Waals surface area contributed by atoms with Gasteiger partial charge in [-0.15, -0.1) is 0 Å². The summed E-state index contributed by atoms with van der Waals surface area (Å²) in [5.74, 6) is 28.2.